The van der Waals surface area contributed by atoms with Crippen molar-refractivity contribution in [2.45, 2.75) is 12.8 Å². The molecule has 1 aliphatic rings. The summed E-state index contributed by atoms with van der Waals surface area (Å²) in [7, 11) is 0. The van der Waals surface area contributed by atoms with Gasteiger partial charge < -0.3 is 20.8 Å². The number of phenols is 2. The van der Waals surface area contributed by atoms with Crippen LogP contribution >= 0.6 is 0 Å². The molecule has 0 bridgehead atoms. The Kier molecular flexibility index (Phi) is 3.17. The number of nitrogens with zero attached hydrogens (tertiary/aromatic N) is 1. The second-order valence-corrected chi connectivity index (χ2v) is 5.12. The average molecular weight is 284 g/mol. The van der Waals surface area contributed by atoms with Crippen molar-refractivity contribution in [3.8, 4) is 11.5 Å². The zero-order valence-corrected chi connectivity index (χ0v) is 11.4. The molecule has 1 heterocycles. The largest absolute Gasteiger partial charge is 0.504 e. The zero-order chi connectivity index (χ0) is 15.0. The Morgan fingerprint density at radius 1 is 1.19 bits per heavy atom. The molecule has 5 heteroatoms. The summed E-state index contributed by atoms with van der Waals surface area (Å²) < 4.78 is 0. The molecule has 0 unspecified atom stereocenters. The van der Waals surface area contributed by atoms with Gasteiger partial charge in [0.25, 0.3) is 5.91 Å². The van der Waals surface area contributed by atoms with Crippen LogP contribution in [-0.2, 0) is 6.42 Å². The van der Waals surface area contributed by atoms with E-state index in [1.165, 1.54) is 18.2 Å². The smallest absolute Gasteiger partial charge is 0.262 e. The van der Waals surface area contributed by atoms with Crippen LogP contribution in [0.3, 0.4) is 0 Å². The zero-order valence-electron chi connectivity index (χ0n) is 11.4. The Bertz CT molecular complexity index is 713. The van der Waals surface area contributed by atoms with Crippen molar-refractivity contribution >= 4 is 17.3 Å². The van der Waals surface area contributed by atoms with Gasteiger partial charge in [0.2, 0.25) is 0 Å². The van der Waals surface area contributed by atoms with Gasteiger partial charge in [-0.05, 0) is 42.7 Å². The summed E-state index contributed by atoms with van der Waals surface area (Å²) in [6, 6.07) is 9.88. The van der Waals surface area contributed by atoms with Crippen molar-refractivity contribution in [2.75, 3.05) is 17.2 Å². The summed E-state index contributed by atoms with van der Waals surface area (Å²) in [5.41, 5.74) is 8.32. The van der Waals surface area contributed by atoms with Crippen LogP contribution in [-0.4, -0.2) is 22.7 Å². The van der Waals surface area contributed by atoms with Gasteiger partial charge in [0.15, 0.2) is 11.5 Å². The minimum absolute atomic E-state index is 0.0882. The summed E-state index contributed by atoms with van der Waals surface area (Å²) in [5.74, 6) is -1.03. The second kappa shape index (κ2) is 5.01. The Hall–Kier alpha value is -2.69. The van der Waals surface area contributed by atoms with Crippen molar-refractivity contribution in [2.24, 2.45) is 0 Å². The van der Waals surface area contributed by atoms with Crippen molar-refractivity contribution < 1.29 is 15.0 Å². The fourth-order valence-corrected chi connectivity index (χ4v) is 2.65. The highest BCUT2D eigenvalue weighted by molar-refractivity contribution is 6.09. The monoisotopic (exact) mass is 284 g/mol. The molecule has 0 aromatic heterocycles. The second-order valence-electron chi connectivity index (χ2n) is 5.12. The molecule has 0 saturated carbocycles. The van der Waals surface area contributed by atoms with Crippen LogP contribution in [0.5, 0.6) is 11.5 Å². The van der Waals surface area contributed by atoms with Crippen LogP contribution in [0.15, 0.2) is 36.4 Å². The molecule has 1 aliphatic heterocycles. The van der Waals surface area contributed by atoms with Crippen molar-refractivity contribution in [1.82, 2.24) is 0 Å². The number of rotatable bonds is 1. The normalized spacial score (nSPS) is 13.8. The first kappa shape index (κ1) is 13.3. The summed E-state index contributed by atoms with van der Waals surface area (Å²) in [6.07, 6.45) is 1.74. The first-order valence-electron chi connectivity index (χ1n) is 6.79. The standard InChI is InChI=1S/C16H16N2O3/c17-11-7-6-10-3-2-8-18(13(10)9-11)16(21)12-4-1-5-14(19)15(12)20/h1,4-7,9,19-20H,2-3,8,17H2. The summed E-state index contributed by atoms with van der Waals surface area (Å²) >= 11 is 0. The highest BCUT2D eigenvalue weighted by Gasteiger charge is 2.26. The van der Waals surface area contributed by atoms with Gasteiger partial charge in [-0.2, -0.15) is 0 Å². The topological polar surface area (TPSA) is 86.8 Å². The van der Waals surface area contributed by atoms with Crippen LogP contribution in [0.25, 0.3) is 0 Å². The number of carbonyl (C=O) groups is 1. The maximum atomic E-state index is 12.7. The van der Waals surface area contributed by atoms with Gasteiger partial charge >= 0.3 is 0 Å². The molecule has 0 atom stereocenters. The highest BCUT2D eigenvalue weighted by atomic mass is 16.3. The molecule has 0 spiro atoms. The minimum Gasteiger partial charge on any atom is -0.504 e. The number of hydrogen-bond acceptors (Lipinski definition) is 4. The quantitative estimate of drug-likeness (QED) is 0.554. The lowest BCUT2D eigenvalue weighted by molar-refractivity contribution is 0.0982. The fraction of sp³-hybridized carbons (Fsp3) is 0.188. The molecule has 5 nitrogen and oxygen atoms in total. The molecule has 0 radical (unpaired) electrons. The summed E-state index contributed by atoms with van der Waals surface area (Å²) in [6.45, 7) is 0.560. The molecule has 1 amide bonds. The van der Waals surface area contributed by atoms with Crippen molar-refractivity contribution in [3.63, 3.8) is 0 Å². The lowest BCUT2D eigenvalue weighted by Gasteiger charge is -2.30. The molecule has 4 N–H and O–H groups in total. The Balaban J connectivity index is 2.04. The number of carbonyl (C=O) groups excluding carboxylic acids is 1. The maximum absolute atomic E-state index is 12.7. The van der Waals surface area contributed by atoms with E-state index >= 15 is 0 Å². The fourth-order valence-electron chi connectivity index (χ4n) is 2.65. The van der Waals surface area contributed by atoms with Gasteiger partial charge in [-0.1, -0.05) is 12.1 Å². The van der Waals surface area contributed by atoms with Crippen LogP contribution in [0.1, 0.15) is 22.3 Å². The molecular formula is C16H16N2O3. The van der Waals surface area contributed by atoms with E-state index in [0.717, 1.165) is 24.1 Å². The molecule has 3 rings (SSSR count). The Morgan fingerprint density at radius 2 is 2.00 bits per heavy atom. The minimum atomic E-state index is -0.390. The molecule has 21 heavy (non-hydrogen) atoms. The van der Waals surface area contributed by atoms with Crippen molar-refractivity contribution in [1.29, 1.82) is 0 Å². The number of para-hydroxylation sites is 1. The van der Waals surface area contributed by atoms with Gasteiger partial charge in [-0.25, -0.2) is 0 Å². The van der Waals surface area contributed by atoms with E-state index in [2.05, 4.69) is 0 Å². The van der Waals surface area contributed by atoms with E-state index < -0.39 is 5.75 Å². The number of nitrogens with two attached hydrogens (primary N) is 1. The van der Waals surface area contributed by atoms with E-state index in [-0.39, 0.29) is 17.2 Å². The number of aromatic hydroxyl groups is 2. The number of fused-ring (bicyclic) bond motifs is 1. The number of hydrogen-bond donors (Lipinski definition) is 3. The third kappa shape index (κ3) is 2.27. The van der Waals surface area contributed by atoms with Gasteiger partial charge in [0, 0.05) is 17.9 Å². The van der Waals surface area contributed by atoms with Gasteiger partial charge in [-0.3, -0.25) is 4.79 Å². The van der Waals surface area contributed by atoms with E-state index in [1.807, 2.05) is 12.1 Å². The van der Waals surface area contributed by atoms with Crippen LogP contribution < -0.4 is 10.6 Å². The third-order valence-corrected chi connectivity index (χ3v) is 3.72. The number of anilines is 2. The molecule has 108 valence electrons. The van der Waals surface area contributed by atoms with Gasteiger partial charge in [0.05, 0.1) is 5.56 Å². The molecule has 0 fully saturated rings. The third-order valence-electron chi connectivity index (χ3n) is 3.72. The molecule has 2 aromatic carbocycles. The Labute approximate surface area is 122 Å². The van der Waals surface area contributed by atoms with E-state index in [0.29, 0.717) is 12.2 Å². The van der Waals surface area contributed by atoms with Gasteiger partial charge in [-0.15, -0.1) is 0 Å². The Morgan fingerprint density at radius 3 is 2.81 bits per heavy atom. The summed E-state index contributed by atoms with van der Waals surface area (Å²) in [5, 5.41) is 19.4. The number of nitrogen functional groups attached to an aromatic ring is 1. The maximum Gasteiger partial charge on any atom is 0.262 e. The van der Waals surface area contributed by atoms with Crippen LogP contribution in [0, 0.1) is 0 Å². The summed E-state index contributed by atoms with van der Waals surface area (Å²) in [4.78, 5) is 14.3. The predicted octanol–water partition coefficient (Wildman–Crippen LogP) is 2.27. The molecule has 0 saturated heterocycles. The highest BCUT2D eigenvalue weighted by Crippen LogP contribution is 2.34. The van der Waals surface area contributed by atoms with E-state index in [9.17, 15) is 15.0 Å². The number of aryl methyl sites for hydroxylation is 1. The molecular weight excluding hydrogens is 268 g/mol. The van der Waals surface area contributed by atoms with Crippen molar-refractivity contribution in [3.05, 3.63) is 47.5 Å². The lowest BCUT2D eigenvalue weighted by Crippen LogP contribution is -2.35. The van der Waals surface area contributed by atoms with Crippen LogP contribution in [0.4, 0.5) is 11.4 Å². The molecule has 0 aliphatic carbocycles. The van der Waals surface area contributed by atoms with E-state index in [1.54, 1.807) is 11.0 Å². The molecule has 2 aromatic rings. The van der Waals surface area contributed by atoms with Crippen LogP contribution in [0.2, 0.25) is 0 Å². The predicted molar refractivity (Wildman–Crippen MR) is 80.6 cm³/mol. The first-order chi connectivity index (χ1) is 10.1. The number of phenolic OH excluding ortho intramolecular Hbond substituents is 2. The SMILES string of the molecule is Nc1ccc2c(c1)N(C(=O)c1cccc(O)c1O)CCC2. The number of benzene rings is 2. The first-order valence-corrected chi connectivity index (χ1v) is 6.79. The van der Waals surface area contributed by atoms with Gasteiger partial charge in [0.1, 0.15) is 0 Å². The number of amides is 1. The average Bonchev–Trinajstić information content (AvgIpc) is 2.48. The van der Waals surface area contributed by atoms with E-state index in [4.69, 9.17) is 5.73 Å². The lowest BCUT2D eigenvalue weighted by atomic mass is 10.00.